The molecule has 0 saturated carbocycles. The summed E-state index contributed by atoms with van der Waals surface area (Å²) in [4.78, 5) is 21.8. The van der Waals surface area contributed by atoms with Crippen molar-refractivity contribution in [3.63, 3.8) is 0 Å². The lowest BCUT2D eigenvalue weighted by molar-refractivity contribution is -0.397. The quantitative estimate of drug-likeness (QED) is 0.477. The van der Waals surface area contributed by atoms with Crippen molar-refractivity contribution in [2.24, 2.45) is 0 Å². The fraction of sp³-hybridized carbons (Fsp3) is 0. The lowest BCUT2D eigenvalue weighted by Crippen LogP contribution is -1.94. The molecule has 0 bridgehead atoms. The van der Waals surface area contributed by atoms with Crippen molar-refractivity contribution in [3.05, 3.63) is 38.6 Å². The highest BCUT2D eigenvalue weighted by molar-refractivity contribution is 5.35. The maximum Gasteiger partial charge on any atom is 0.371 e. The Morgan fingerprint density at radius 1 is 1.33 bits per heavy atom. The van der Waals surface area contributed by atoms with Crippen LogP contribution in [0, 0.1) is 26.4 Å². The predicted molar refractivity (Wildman–Crippen MR) is 36.4 cm³/mol. The van der Waals surface area contributed by atoms with Gasteiger partial charge in [-0.1, -0.05) is 0 Å². The lowest BCUT2D eigenvalue weighted by atomic mass is 10.4. The maximum atomic E-state index is 10.1. The van der Waals surface area contributed by atoms with Gasteiger partial charge in [0.15, 0.2) is 0 Å². The summed E-state index contributed by atoms with van der Waals surface area (Å²) >= 11 is 0. The first-order valence-corrected chi connectivity index (χ1v) is 2.78. The van der Waals surface area contributed by atoms with Crippen LogP contribution >= 0.6 is 0 Å². The first-order valence-electron chi connectivity index (χ1n) is 2.78. The Balaban J connectivity index is 3.12. The van der Waals surface area contributed by atoms with E-state index in [1.54, 1.807) is 0 Å². The van der Waals surface area contributed by atoms with Gasteiger partial charge in [0.25, 0.3) is 5.69 Å². The minimum Gasteiger partial charge on any atom is -0.358 e. The fourth-order valence-corrected chi connectivity index (χ4v) is 0.570. The maximum absolute atomic E-state index is 10.1. The molecule has 1 rings (SSSR count). The third-order valence-corrected chi connectivity index (χ3v) is 1.07. The Morgan fingerprint density at radius 3 is 2.50 bits per heavy atom. The van der Waals surface area contributed by atoms with E-state index < -0.39 is 21.4 Å². The van der Waals surface area contributed by atoms with Crippen LogP contribution in [0.3, 0.4) is 0 Å². The van der Waals surface area contributed by atoms with Gasteiger partial charge in [0, 0.05) is 0 Å². The minimum atomic E-state index is -0.816. The van der Waals surface area contributed by atoms with Gasteiger partial charge in [-0.25, -0.2) is 0 Å². The molecule has 1 heterocycles. The Morgan fingerprint density at radius 2 is 2.00 bits per heavy atom. The van der Waals surface area contributed by atoms with E-state index in [2.05, 4.69) is 11.2 Å². The van der Waals surface area contributed by atoms with Crippen LogP contribution in [0.15, 0.2) is 12.1 Å². The number of nitro groups is 2. The molecule has 0 aliphatic heterocycles. The molecule has 61 valence electrons. The molecule has 0 spiro atoms. The molecule has 0 fully saturated rings. The van der Waals surface area contributed by atoms with Gasteiger partial charge in [-0.05, 0) is 9.91 Å². The fourth-order valence-electron chi connectivity index (χ4n) is 0.570. The van der Waals surface area contributed by atoms with E-state index in [0.29, 0.717) is 0 Å². The normalized spacial score (nSPS) is 9.33. The Kier molecular flexibility index (Phi) is 1.95. The number of hydrogen-bond donors (Lipinski definition) is 0. The van der Waals surface area contributed by atoms with E-state index >= 15 is 0 Å². The summed E-state index contributed by atoms with van der Waals surface area (Å²) in [6, 6.07) is 1.74. The average Bonchev–Trinajstić information content (AvgIpc) is 2.04. The van der Waals surface area contributed by atoms with Crippen LogP contribution in [0.5, 0.6) is 0 Å². The second-order valence-electron chi connectivity index (χ2n) is 1.83. The molecule has 0 aromatic carbocycles. The first-order chi connectivity index (χ1) is 5.61. The zero-order valence-electron chi connectivity index (χ0n) is 5.63. The van der Waals surface area contributed by atoms with Crippen molar-refractivity contribution >= 4 is 11.5 Å². The van der Waals surface area contributed by atoms with E-state index in [0.717, 1.165) is 12.1 Å². The first kappa shape index (κ1) is 8.05. The molecule has 0 amide bonds. The van der Waals surface area contributed by atoms with Gasteiger partial charge in [0.05, 0.1) is 11.0 Å². The van der Waals surface area contributed by atoms with Crippen LogP contribution in [0.4, 0.5) is 11.5 Å². The van der Waals surface area contributed by atoms with Crippen molar-refractivity contribution in [3.8, 4) is 0 Å². The van der Waals surface area contributed by atoms with Crippen molar-refractivity contribution < 1.29 is 9.85 Å². The summed E-state index contributed by atoms with van der Waals surface area (Å²) in [7, 11) is 0. The van der Waals surface area contributed by atoms with E-state index in [-0.39, 0.29) is 0 Å². The Hall–Kier alpha value is -2.05. The number of aromatic nitrogens is 1. The summed E-state index contributed by atoms with van der Waals surface area (Å²) in [5.74, 6) is -0.579. The second-order valence-corrected chi connectivity index (χ2v) is 1.83. The molecule has 0 aliphatic carbocycles. The SMILES string of the molecule is O=[N+]([O-])c1c[c]nc([N+](=O)[O-])c1. The molecule has 0 N–H and O–H groups in total. The van der Waals surface area contributed by atoms with Crippen LogP contribution in [0.25, 0.3) is 0 Å². The topological polar surface area (TPSA) is 99.2 Å². The highest BCUT2D eigenvalue weighted by atomic mass is 16.6. The van der Waals surface area contributed by atoms with Crippen LogP contribution in [0.1, 0.15) is 0 Å². The molecule has 0 unspecified atom stereocenters. The second kappa shape index (κ2) is 2.91. The number of nitrogens with zero attached hydrogens (tertiary/aromatic N) is 3. The molecular formula is C5H2N3O4. The van der Waals surface area contributed by atoms with Crippen molar-refractivity contribution in [2.45, 2.75) is 0 Å². The summed E-state index contributed by atoms with van der Waals surface area (Å²) in [5.41, 5.74) is -0.392. The number of rotatable bonds is 2. The van der Waals surface area contributed by atoms with E-state index in [1.165, 1.54) is 0 Å². The zero-order chi connectivity index (χ0) is 9.14. The Labute approximate surface area is 66.0 Å². The van der Waals surface area contributed by atoms with Crippen molar-refractivity contribution in [1.82, 2.24) is 4.98 Å². The van der Waals surface area contributed by atoms with Crippen LogP contribution < -0.4 is 0 Å². The highest BCUT2D eigenvalue weighted by Crippen LogP contribution is 2.14. The summed E-state index contributed by atoms with van der Waals surface area (Å²) in [6.07, 6.45) is 2.06. The molecule has 1 aromatic rings. The van der Waals surface area contributed by atoms with Gasteiger partial charge in [0.2, 0.25) is 6.20 Å². The molecule has 7 heteroatoms. The summed E-state index contributed by atoms with van der Waals surface area (Å²) < 4.78 is 0. The zero-order valence-corrected chi connectivity index (χ0v) is 5.63. The molecule has 12 heavy (non-hydrogen) atoms. The van der Waals surface area contributed by atoms with Gasteiger partial charge >= 0.3 is 5.82 Å². The summed E-state index contributed by atoms with van der Waals surface area (Å²) in [5, 5.41) is 20.2. The molecule has 0 saturated heterocycles. The lowest BCUT2D eigenvalue weighted by Gasteiger charge is -1.89. The summed E-state index contributed by atoms with van der Waals surface area (Å²) in [6.45, 7) is 0. The molecule has 7 nitrogen and oxygen atoms in total. The van der Waals surface area contributed by atoms with Crippen molar-refractivity contribution in [1.29, 1.82) is 0 Å². The average molecular weight is 168 g/mol. The van der Waals surface area contributed by atoms with Crippen LogP contribution in [-0.2, 0) is 0 Å². The van der Waals surface area contributed by atoms with Gasteiger partial charge < -0.3 is 10.1 Å². The monoisotopic (exact) mass is 168 g/mol. The molecule has 1 aromatic heterocycles. The minimum absolute atomic E-state index is 0.392. The number of hydrogen-bond acceptors (Lipinski definition) is 5. The van der Waals surface area contributed by atoms with Gasteiger partial charge in [0.1, 0.15) is 6.07 Å². The predicted octanol–water partition coefficient (Wildman–Crippen LogP) is 0.698. The largest absolute Gasteiger partial charge is 0.371 e. The number of pyridine rings is 1. The van der Waals surface area contributed by atoms with Crippen LogP contribution in [0.2, 0.25) is 0 Å². The van der Waals surface area contributed by atoms with Gasteiger partial charge in [-0.15, -0.1) is 0 Å². The third-order valence-electron chi connectivity index (χ3n) is 1.07. The standard InChI is InChI=1S/C5H2N3O4/c9-7(10)4-1-2-6-5(3-4)8(11)12/h1,3H. The molecule has 0 aliphatic rings. The molecular weight excluding hydrogens is 166 g/mol. The molecule has 1 radical (unpaired) electrons. The van der Waals surface area contributed by atoms with Crippen LogP contribution in [-0.4, -0.2) is 14.8 Å². The molecule has 0 atom stereocenters. The van der Waals surface area contributed by atoms with Gasteiger partial charge in [-0.2, -0.15) is 0 Å². The van der Waals surface area contributed by atoms with Crippen molar-refractivity contribution in [2.75, 3.05) is 0 Å². The third kappa shape index (κ3) is 1.51. The Bertz CT molecular complexity index is 308. The van der Waals surface area contributed by atoms with E-state index in [4.69, 9.17) is 0 Å². The van der Waals surface area contributed by atoms with Gasteiger partial charge in [-0.3, -0.25) is 10.1 Å². The van der Waals surface area contributed by atoms with E-state index in [1.807, 2.05) is 0 Å². The smallest absolute Gasteiger partial charge is 0.358 e. The highest BCUT2D eigenvalue weighted by Gasteiger charge is 2.14. The van der Waals surface area contributed by atoms with E-state index in [9.17, 15) is 20.2 Å².